The fourth-order valence-electron chi connectivity index (χ4n) is 4.04. The highest BCUT2D eigenvalue weighted by molar-refractivity contribution is 7.88. The molecule has 2 heterocycles. The quantitative estimate of drug-likeness (QED) is 0.767. The zero-order chi connectivity index (χ0) is 20.3. The van der Waals surface area contributed by atoms with Gasteiger partial charge >= 0.3 is 0 Å². The summed E-state index contributed by atoms with van der Waals surface area (Å²) in [6.07, 6.45) is 4.98. The van der Waals surface area contributed by atoms with Crippen LogP contribution in [0.5, 0.6) is 0 Å². The SMILES string of the molecule is CS(=O)(=O)N1CCCN(C(=O)c2ncccc2F)CCNC(=O)C2CCCC21. The van der Waals surface area contributed by atoms with Crippen molar-refractivity contribution >= 4 is 21.8 Å². The highest BCUT2D eigenvalue weighted by atomic mass is 32.2. The topological polar surface area (TPSA) is 99.7 Å². The van der Waals surface area contributed by atoms with E-state index in [1.54, 1.807) is 0 Å². The van der Waals surface area contributed by atoms with Crippen molar-refractivity contribution < 1.29 is 22.4 Å². The molecule has 0 aromatic carbocycles. The third-order valence-electron chi connectivity index (χ3n) is 5.35. The molecule has 1 saturated heterocycles. The minimum Gasteiger partial charge on any atom is -0.354 e. The average molecular weight is 412 g/mol. The lowest BCUT2D eigenvalue weighted by atomic mass is 10.0. The van der Waals surface area contributed by atoms with Crippen LogP contribution in [0.3, 0.4) is 0 Å². The van der Waals surface area contributed by atoms with Gasteiger partial charge in [-0.2, -0.15) is 4.31 Å². The van der Waals surface area contributed by atoms with Crippen LogP contribution in [0.4, 0.5) is 4.39 Å². The summed E-state index contributed by atoms with van der Waals surface area (Å²) in [5, 5.41) is 2.81. The van der Waals surface area contributed by atoms with E-state index >= 15 is 0 Å². The van der Waals surface area contributed by atoms with Crippen molar-refractivity contribution in [3.8, 4) is 0 Å². The maximum Gasteiger partial charge on any atom is 0.275 e. The van der Waals surface area contributed by atoms with Crippen LogP contribution in [0.1, 0.15) is 36.2 Å². The molecule has 28 heavy (non-hydrogen) atoms. The fourth-order valence-corrected chi connectivity index (χ4v) is 5.24. The van der Waals surface area contributed by atoms with E-state index in [0.29, 0.717) is 19.3 Å². The number of aromatic nitrogens is 1. The van der Waals surface area contributed by atoms with Crippen molar-refractivity contribution in [1.82, 2.24) is 19.5 Å². The molecular formula is C18H25FN4O4S. The van der Waals surface area contributed by atoms with E-state index in [1.165, 1.54) is 27.5 Å². The molecule has 1 aliphatic carbocycles. The largest absolute Gasteiger partial charge is 0.354 e. The van der Waals surface area contributed by atoms with Gasteiger partial charge in [-0.25, -0.2) is 17.8 Å². The summed E-state index contributed by atoms with van der Waals surface area (Å²) < 4.78 is 40.0. The second-order valence-electron chi connectivity index (χ2n) is 7.25. The number of carbonyl (C=O) groups excluding carboxylic acids is 2. The van der Waals surface area contributed by atoms with E-state index in [-0.39, 0.29) is 49.7 Å². The second kappa shape index (κ2) is 8.52. The van der Waals surface area contributed by atoms with Gasteiger partial charge in [-0.05, 0) is 31.4 Å². The number of nitrogens with one attached hydrogen (secondary N) is 1. The molecule has 2 fully saturated rings. The molecule has 1 aromatic rings. The molecule has 1 saturated carbocycles. The van der Waals surface area contributed by atoms with E-state index in [0.717, 1.165) is 12.7 Å². The maximum atomic E-state index is 14.0. The van der Waals surface area contributed by atoms with Crippen LogP contribution in [0.15, 0.2) is 18.3 Å². The van der Waals surface area contributed by atoms with Crippen LogP contribution in [0, 0.1) is 11.7 Å². The molecule has 2 unspecified atom stereocenters. The average Bonchev–Trinajstić information content (AvgIpc) is 3.10. The Bertz CT molecular complexity index is 848. The monoisotopic (exact) mass is 412 g/mol. The van der Waals surface area contributed by atoms with Crippen molar-refractivity contribution in [2.45, 2.75) is 31.7 Å². The number of halogens is 1. The van der Waals surface area contributed by atoms with Gasteiger partial charge in [0.25, 0.3) is 5.91 Å². The van der Waals surface area contributed by atoms with Crippen LogP contribution in [-0.2, 0) is 14.8 Å². The minimum absolute atomic E-state index is 0.200. The number of fused-ring (bicyclic) bond motifs is 1. The van der Waals surface area contributed by atoms with Crippen LogP contribution < -0.4 is 5.32 Å². The van der Waals surface area contributed by atoms with Gasteiger partial charge in [-0.3, -0.25) is 9.59 Å². The number of carbonyl (C=O) groups is 2. The van der Waals surface area contributed by atoms with Crippen molar-refractivity contribution in [2.24, 2.45) is 5.92 Å². The molecule has 2 atom stereocenters. The van der Waals surface area contributed by atoms with Gasteiger partial charge in [-0.15, -0.1) is 0 Å². The molecular weight excluding hydrogens is 387 g/mol. The summed E-state index contributed by atoms with van der Waals surface area (Å²) in [5.74, 6) is -1.87. The summed E-state index contributed by atoms with van der Waals surface area (Å²) >= 11 is 0. The number of nitrogens with zero attached hydrogens (tertiary/aromatic N) is 3. The lowest BCUT2D eigenvalue weighted by Crippen LogP contribution is -2.47. The van der Waals surface area contributed by atoms with Crippen LogP contribution >= 0.6 is 0 Å². The molecule has 1 aromatic heterocycles. The first kappa shape index (κ1) is 20.7. The number of sulfonamides is 1. The lowest BCUT2D eigenvalue weighted by molar-refractivity contribution is -0.125. The fraction of sp³-hybridized carbons (Fsp3) is 0.611. The van der Waals surface area contributed by atoms with E-state index in [1.807, 2.05) is 0 Å². The van der Waals surface area contributed by atoms with Gasteiger partial charge in [0.2, 0.25) is 15.9 Å². The molecule has 2 aliphatic rings. The predicted octanol–water partition coefficient (Wildman–Crippen LogP) is 0.613. The number of hydrogen-bond acceptors (Lipinski definition) is 5. The van der Waals surface area contributed by atoms with Gasteiger partial charge in [0.15, 0.2) is 11.5 Å². The van der Waals surface area contributed by atoms with Crippen LogP contribution in [-0.4, -0.2) is 72.9 Å². The number of hydrogen-bond donors (Lipinski definition) is 1. The summed E-state index contributed by atoms with van der Waals surface area (Å²) in [6, 6.07) is 2.22. The van der Waals surface area contributed by atoms with Crippen molar-refractivity contribution in [3.05, 3.63) is 29.8 Å². The molecule has 154 valence electrons. The van der Waals surface area contributed by atoms with Gasteiger partial charge in [0, 0.05) is 38.4 Å². The van der Waals surface area contributed by atoms with E-state index in [9.17, 15) is 22.4 Å². The Kier molecular flexibility index (Phi) is 6.29. The molecule has 0 spiro atoms. The highest BCUT2D eigenvalue weighted by Gasteiger charge is 2.40. The molecule has 10 heteroatoms. The molecule has 0 radical (unpaired) electrons. The lowest BCUT2D eigenvalue weighted by Gasteiger charge is -2.30. The zero-order valence-corrected chi connectivity index (χ0v) is 16.6. The smallest absolute Gasteiger partial charge is 0.275 e. The summed E-state index contributed by atoms with van der Waals surface area (Å²) in [6.45, 7) is 0.883. The first-order valence-corrected chi connectivity index (χ1v) is 11.3. The molecule has 8 nitrogen and oxygen atoms in total. The minimum atomic E-state index is -3.50. The Labute approximate surface area is 164 Å². The van der Waals surface area contributed by atoms with E-state index in [2.05, 4.69) is 10.3 Å². The summed E-state index contributed by atoms with van der Waals surface area (Å²) in [5.41, 5.74) is -0.277. The third kappa shape index (κ3) is 4.49. The van der Waals surface area contributed by atoms with Gasteiger partial charge < -0.3 is 10.2 Å². The van der Waals surface area contributed by atoms with E-state index < -0.39 is 21.7 Å². The van der Waals surface area contributed by atoms with Crippen molar-refractivity contribution in [3.63, 3.8) is 0 Å². The first-order valence-electron chi connectivity index (χ1n) is 9.43. The summed E-state index contributed by atoms with van der Waals surface area (Å²) in [4.78, 5) is 30.5. The van der Waals surface area contributed by atoms with Crippen molar-refractivity contribution in [1.29, 1.82) is 0 Å². The highest BCUT2D eigenvalue weighted by Crippen LogP contribution is 2.32. The van der Waals surface area contributed by atoms with Crippen LogP contribution in [0.25, 0.3) is 0 Å². The first-order chi connectivity index (χ1) is 13.3. The van der Waals surface area contributed by atoms with Crippen molar-refractivity contribution in [2.75, 3.05) is 32.4 Å². The van der Waals surface area contributed by atoms with Gasteiger partial charge in [0.1, 0.15) is 0 Å². The Hall–Kier alpha value is -2.07. The molecule has 0 bridgehead atoms. The van der Waals surface area contributed by atoms with Gasteiger partial charge in [-0.1, -0.05) is 6.42 Å². The zero-order valence-electron chi connectivity index (χ0n) is 15.8. The Balaban J connectivity index is 1.82. The third-order valence-corrected chi connectivity index (χ3v) is 6.65. The Morgan fingerprint density at radius 1 is 1.25 bits per heavy atom. The predicted molar refractivity (Wildman–Crippen MR) is 100 cm³/mol. The normalized spacial score (nSPS) is 24.9. The van der Waals surface area contributed by atoms with E-state index in [4.69, 9.17) is 0 Å². The standard InChI is InChI=1S/C18H25FN4O4S/c1-28(26,27)23-11-4-10-22(18(25)16-14(19)6-3-8-20-16)12-9-21-17(24)13-5-2-7-15(13)23/h3,6,8,13,15H,2,4-5,7,9-12H2,1H3,(H,21,24). The molecule has 1 aliphatic heterocycles. The number of pyridine rings is 1. The maximum absolute atomic E-state index is 14.0. The molecule has 3 rings (SSSR count). The van der Waals surface area contributed by atoms with Crippen LogP contribution in [0.2, 0.25) is 0 Å². The Morgan fingerprint density at radius 3 is 2.75 bits per heavy atom. The second-order valence-corrected chi connectivity index (χ2v) is 9.18. The molecule has 1 N–H and O–H groups in total. The summed E-state index contributed by atoms with van der Waals surface area (Å²) in [7, 11) is -3.50. The number of amides is 2. The number of rotatable bonds is 2. The Morgan fingerprint density at radius 2 is 2.04 bits per heavy atom. The van der Waals surface area contributed by atoms with Gasteiger partial charge in [0.05, 0.1) is 12.2 Å². The molecule has 2 amide bonds.